The van der Waals surface area contributed by atoms with Crippen LogP contribution in [0.25, 0.3) is 5.69 Å². The van der Waals surface area contributed by atoms with Gasteiger partial charge in [-0.2, -0.15) is 5.26 Å². The molecule has 0 bridgehead atoms. The molecule has 9 heteroatoms. The number of nitrogens with zero attached hydrogens (tertiary/aromatic N) is 5. The van der Waals surface area contributed by atoms with Gasteiger partial charge in [0.05, 0.1) is 30.4 Å². The molecule has 0 spiro atoms. The number of benzene rings is 2. The third kappa shape index (κ3) is 5.42. The summed E-state index contributed by atoms with van der Waals surface area (Å²) in [6.07, 6.45) is 3.12. The molecule has 0 radical (unpaired) electrons. The van der Waals surface area contributed by atoms with Crippen LogP contribution in [0.15, 0.2) is 42.5 Å². The average Bonchev–Trinajstić information content (AvgIpc) is 3.19. The topological polar surface area (TPSA) is 93.3 Å². The van der Waals surface area contributed by atoms with Gasteiger partial charge in [-0.3, -0.25) is 9.47 Å². The second-order valence-corrected chi connectivity index (χ2v) is 11.1. The zero-order valence-corrected chi connectivity index (χ0v) is 22.0. The predicted molar refractivity (Wildman–Crippen MR) is 139 cm³/mol. The summed E-state index contributed by atoms with van der Waals surface area (Å²) in [5.74, 6) is 2.42. The summed E-state index contributed by atoms with van der Waals surface area (Å²) in [4.78, 5) is 14.6. The van der Waals surface area contributed by atoms with Gasteiger partial charge in [0.25, 0.3) is 0 Å². The van der Waals surface area contributed by atoms with Crippen molar-refractivity contribution in [1.29, 1.82) is 5.26 Å². The van der Waals surface area contributed by atoms with E-state index < -0.39 is 11.7 Å². The van der Waals surface area contributed by atoms with Gasteiger partial charge in [0.2, 0.25) is 0 Å². The number of hydrogen-bond donors (Lipinski definition) is 0. The number of aromatic nitrogens is 3. The fourth-order valence-corrected chi connectivity index (χ4v) is 5.22. The Hall–Kier alpha value is -3.57. The van der Waals surface area contributed by atoms with Crippen molar-refractivity contribution in [2.24, 2.45) is 0 Å². The molecular formula is C28H30ClN5O3. The molecule has 0 unspecified atom stereocenters. The number of halogens is 1. The second kappa shape index (κ2) is 10.1. The van der Waals surface area contributed by atoms with E-state index in [2.05, 4.69) is 20.8 Å². The minimum absolute atomic E-state index is 0.0472. The Bertz CT molecular complexity index is 1350. The van der Waals surface area contributed by atoms with Crippen molar-refractivity contribution in [3.63, 3.8) is 0 Å². The van der Waals surface area contributed by atoms with Crippen LogP contribution in [0.2, 0.25) is 5.02 Å². The van der Waals surface area contributed by atoms with E-state index in [-0.39, 0.29) is 18.6 Å². The van der Waals surface area contributed by atoms with Gasteiger partial charge in [-0.05, 0) is 82.3 Å². The molecule has 5 rings (SSSR count). The molecule has 2 aromatic carbocycles. The average molecular weight is 520 g/mol. The molecule has 1 aromatic heterocycles. The number of carbonyl (C=O) groups is 1. The van der Waals surface area contributed by atoms with Gasteiger partial charge in [-0.1, -0.05) is 23.7 Å². The van der Waals surface area contributed by atoms with Crippen LogP contribution in [0, 0.1) is 11.3 Å². The third-order valence-electron chi connectivity index (χ3n) is 6.72. The number of ether oxygens (including phenoxy) is 2. The van der Waals surface area contributed by atoms with Crippen LogP contribution in [0.3, 0.4) is 0 Å². The van der Waals surface area contributed by atoms with Crippen LogP contribution in [0.5, 0.6) is 5.75 Å². The lowest BCUT2D eigenvalue weighted by molar-refractivity contribution is 0.0214. The van der Waals surface area contributed by atoms with E-state index in [0.29, 0.717) is 28.7 Å². The van der Waals surface area contributed by atoms with Gasteiger partial charge in [-0.15, -0.1) is 10.2 Å². The molecule has 1 aliphatic heterocycles. The minimum atomic E-state index is -0.603. The monoisotopic (exact) mass is 519 g/mol. The van der Waals surface area contributed by atoms with Gasteiger partial charge >= 0.3 is 6.09 Å². The number of hydrogen-bond acceptors (Lipinski definition) is 6. The first kappa shape index (κ1) is 25.1. The van der Waals surface area contributed by atoms with Crippen LogP contribution in [-0.4, -0.2) is 37.5 Å². The first-order valence-corrected chi connectivity index (χ1v) is 13.0. The number of para-hydroxylation sites is 1. The summed E-state index contributed by atoms with van der Waals surface area (Å²) in [5.41, 5.74) is 1.81. The molecule has 1 aliphatic carbocycles. The van der Waals surface area contributed by atoms with Crippen LogP contribution in [0.1, 0.15) is 75.1 Å². The van der Waals surface area contributed by atoms with E-state index in [4.69, 9.17) is 21.1 Å². The maximum Gasteiger partial charge on any atom is 0.411 e. The summed E-state index contributed by atoms with van der Waals surface area (Å²) in [6, 6.07) is 15.3. The molecule has 37 heavy (non-hydrogen) atoms. The zero-order valence-electron chi connectivity index (χ0n) is 21.3. The van der Waals surface area contributed by atoms with E-state index in [1.807, 2.05) is 57.2 Å². The van der Waals surface area contributed by atoms with Crippen molar-refractivity contribution in [2.45, 2.75) is 77.2 Å². The van der Waals surface area contributed by atoms with E-state index in [9.17, 15) is 10.1 Å². The smallest absolute Gasteiger partial charge is 0.411 e. The van der Waals surface area contributed by atoms with Gasteiger partial charge in [0.1, 0.15) is 23.2 Å². The van der Waals surface area contributed by atoms with Gasteiger partial charge in [0, 0.05) is 10.9 Å². The molecule has 0 atom stereocenters. The second-order valence-electron chi connectivity index (χ2n) is 10.6. The highest BCUT2D eigenvalue weighted by atomic mass is 35.5. The zero-order chi connectivity index (χ0) is 26.2. The Balaban J connectivity index is 1.39. The number of rotatable bonds is 3. The normalized spacial score (nSPS) is 19.3. The molecule has 0 saturated heterocycles. The predicted octanol–water partition coefficient (Wildman–Crippen LogP) is 6.15. The van der Waals surface area contributed by atoms with E-state index in [0.717, 1.165) is 42.8 Å². The maximum absolute atomic E-state index is 13.0. The molecule has 1 fully saturated rings. The van der Waals surface area contributed by atoms with Gasteiger partial charge < -0.3 is 9.47 Å². The Labute approximate surface area is 221 Å². The largest absolute Gasteiger partial charge is 0.489 e. The molecule has 2 aliphatic rings. The van der Waals surface area contributed by atoms with Crippen LogP contribution >= 0.6 is 11.6 Å². The lowest BCUT2D eigenvalue weighted by atomic mass is 9.86. The molecule has 3 aromatic rings. The summed E-state index contributed by atoms with van der Waals surface area (Å²) in [6.45, 7) is 6.22. The highest BCUT2D eigenvalue weighted by Gasteiger charge is 2.33. The molecule has 8 nitrogen and oxygen atoms in total. The number of nitriles is 1. The number of amides is 1. The maximum atomic E-state index is 13.0. The van der Waals surface area contributed by atoms with Gasteiger partial charge in [-0.25, -0.2) is 4.79 Å². The number of fused-ring (bicyclic) bond motifs is 3. The molecule has 0 N–H and O–H groups in total. The fourth-order valence-electron chi connectivity index (χ4n) is 5.03. The van der Waals surface area contributed by atoms with Crippen molar-refractivity contribution >= 4 is 17.7 Å². The molecule has 1 amide bonds. The van der Waals surface area contributed by atoms with Crippen LogP contribution < -0.4 is 4.74 Å². The minimum Gasteiger partial charge on any atom is -0.489 e. The van der Waals surface area contributed by atoms with Crippen molar-refractivity contribution in [3.05, 3.63) is 70.3 Å². The standard InChI is InChI=1S/C28H30ClN5O3/c1-28(2,3)37-27(35)33-16-20-14-21(29)10-13-23(20)34-25(17-33)31-32-26(34)18-8-11-22(12-9-18)36-24-7-5-4-6-19(24)15-30/h4-7,10,13-14,18,22H,8-9,11-12,16-17H2,1-3H3/t18-,22-. The highest BCUT2D eigenvalue weighted by Crippen LogP contribution is 2.37. The Morgan fingerprint density at radius 1 is 1.08 bits per heavy atom. The van der Waals surface area contributed by atoms with Crippen molar-refractivity contribution in [3.8, 4) is 17.5 Å². The van der Waals surface area contributed by atoms with E-state index >= 15 is 0 Å². The molecule has 2 heterocycles. The first-order valence-electron chi connectivity index (χ1n) is 12.6. The lowest BCUT2D eigenvalue weighted by Gasteiger charge is -2.29. The summed E-state index contributed by atoms with van der Waals surface area (Å²) in [7, 11) is 0. The SMILES string of the molecule is CC(C)(C)OC(=O)N1Cc2cc(Cl)ccc2-n2c(nnc2[C@H]2CC[C@H](Oc3ccccc3C#N)CC2)C1. The molecule has 1 saturated carbocycles. The first-order chi connectivity index (χ1) is 17.7. The Kier molecular flexibility index (Phi) is 6.82. The van der Waals surface area contributed by atoms with Crippen molar-refractivity contribution < 1.29 is 14.3 Å². The highest BCUT2D eigenvalue weighted by molar-refractivity contribution is 6.30. The third-order valence-corrected chi connectivity index (χ3v) is 6.96. The van der Waals surface area contributed by atoms with Crippen molar-refractivity contribution in [1.82, 2.24) is 19.7 Å². The summed E-state index contributed by atoms with van der Waals surface area (Å²) >= 11 is 6.35. The Morgan fingerprint density at radius 2 is 1.84 bits per heavy atom. The lowest BCUT2D eigenvalue weighted by Crippen LogP contribution is -2.35. The summed E-state index contributed by atoms with van der Waals surface area (Å²) in [5, 5.41) is 19.1. The van der Waals surface area contributed by atoms with Crippen molar-refractivity contribution in [2.75, 3.05) is 0 Å². The van der Waals surface area contributed by atoms with E-state index in [1.54, 1.807) is 11.0 Å². The van der Waals surface area contributed by atoms with Crippen LogP contribution in [0.4, 0.5) is 4.79 Å². The van der Waals surface area contributed by atoms with E-state index in [1.165, 1.54) is 0 Å². The quantitative estimate of drug-likeness (QED) is 0.412. The van der Waals surface area contributed by atoms with Crippen LogP contribution in [-0.2, 0) is 17.8 Å². The van der Waals surface area contributed by atoms with Gasteiger partial charge in [0.15, 0.2) is 5.82 Å². The summed E-state index contributed by atoms with van der Waals surface area (Å²) < 4.78 is 13.9. The molecule has 192 valence electrons. The fraction of sp³-hybridized carbons (Fsp3) is 0.429. The number of carbonyl (C=O) groups excluding carboxylic acids is 1. The Morgan fingerprint density at radius 3 is 2.57 bits per heavy atom. The molecular weight excluding hydrogens is 490 g/mol.